The Hall–Kier alpha value is -3.70. The smallest absolute Gasteiger partial charge is 0.263 e. The molecule has 0 aliphatic heterocycles. The fourth-order valence-corrected chi connectivity index (χ4v) is 3.75. The van der Waals surface area contributed by atoms with E-state index in [4.69, 9.17) is 28.2 Å². The molecule has 0 spiro atoms. The Morgan fingerprint density at radius 1 is 1.08 bits per heavy atom. The van der Waals surface area contributed by atoms with Gasteiger partial charge >= 0.3 is 0 Å². The quantitative estimate of drug-likeness (QED) is 0.174. The van der Waals surface area contributed by atoms with Crippen molar-refractivity contribution in [1.82, 2.24) is 10.3 Å². The molecule has 1 aromatic heterocycles. The van der Waals surface area contributed by atoms with Crippen molar-refractivity contribution in [2.75, 3.05) is 12.4 Å². The van der Waals surface area contributed by atoms with Gasteiger partial charge in [0.25, 0.3) is 5.91 Å². The van der Waals surface area contributed by atoms with Crippen LogP contribution < -0.4 is 15.4 Å². The lowest BCUT2D eigenvalue weighted by Crippen LogP contribution is -2.35. The Morgan fingerprint density at radius 3 is 2.42 bits per heavy atom. The van der Waals surface area contributed by atoms with Crippen LogP contribution in [0.5, 0.6) is 5.75 Å². The average molecular weight is 538 g/mol. The first kappa shape index (κ1) is 25.4. The molecule has 0 saturated carbocycles. The van der Waals surface area contributed by atoms with Crippen molar-refractivity contribution in [1.29, 1.82) is 0 Å². The number of carbonyl (C=O) groups excluding carboxylic acids is 1. The Kier molecular flexibility index (Phi) is 7.14. The van der Waals surface area contributed by atoms with Crippen LogP contribution in [0.1, 0.15) is 22.8 Å². The van der Waals surface area contributed by atoms with E-state index in [1.165, 1.54) is 12.1 Å². The van der Waals surface area contributed by atoms with Crippen LogP contribution in [0.15, 0.2) is 40.8 Å². The number of rotatable bonds is 5. The van der Waals surface area contributed by atoms with Crippen molar-refractivity contribution >= 4 is 51.6 Å². The maximum atomic E-state index is 14.2. The molecule has 3 aromatic carbocycles. The number of ether oxygens (including phenoxy) is 1. The van der Waals surface area contributed by atoms with Crippen molar-refractivity contribution in [3.8, 4) is 17.2 Å². The number of halogens is 5. The third kappa shape index (κ3) is 4.71. The number of fused-ring (bicyclic) bond motifs is 1. The highest BCUT2D eigenvalue weighted by atomic mass is 35.5. The molecule has 0 bridgehead atoms. The predicted molar refractivity (Wildman–Crippen MR) is 130 cm³/mol. The molecule has 0 aliphatic rings. The largest absolute Gasteiger partial charge is 0.491 e. The number of hydrogen-bond acceptors (Lipinski definition) is 5. The predicted octanol–water partition coefficient (Wildman–Crippen LogP) is 6.40. The standard InChI is InChI=1S/C24H16ClF4N3O3S/c1-3-10-4-7-15-14(8-10)30-23(35-15)11-5-6-12(25)13(9-11)31-24(36)32-22(33)16-17(26)19(28)21(34-2)20(29)18(16)27/h4-9H,3H2,1-2H3,(H2,31,32,33,36). The highest BCUT2D eigenvalue weighted by Gasteiger charge is 2.30. The van der Waals surface area contributed by atoms with Crippen molar-refractivity contribution < 1.29 is 31.5 Å². The van der Waals surface area contributed by atoms with E-state index in [0.29, 0.717) is 22.6 Å². The number of aryl methyl sites for hydroxylation is 1. The number of thiocarbonyl (C=S) groups is 1. The molecule has 0 unspecified atom stereocenters. The van der Waals surface area contributed by atoms with E-state index in [1.54, 1.807) is 6.07 Å². The highest BCUT2D eigenvalue weighted by Crippen LogP contribution is 2.32. The summed E-state index contributed by atoms with van der Waals surface area (Å²) in [7, 11) is 0.820. The molecular weight excluding hydrogens is 522 g/mol. The van der Waals surface area contributed by atoms with Gasteiger partial charge in [-0.05, 0) is 54.5 Å². The number of nitrogens with zero attached hydrogens (tertiary/aromatic N) is 1. The molecule has 36 heavy (non-hydrogen) atoms. The van der Waals surface area contributed by atoms with Gasteiger partial charge in [0, 0.05) is 5.56 Å². The van der Waals surface area contributed by atoms with E-state index in [9.17, 15) is 22.4 Å². The second-order valence-electron chi connectivity index (χ2n) is 7.44. The van der Waals surface area contributed by atoms with Gasteiger partial charge in [-0.2, -0.15) is 8.78 Å². The first-order valence-corrected chi connectivity index (χ1v) is 11.1. The van der Waals surface area contributed by atoms with Crippen molar-refractivity contribution in [2.24, 2.45) is 0 Å². The normalized spacial score (nSPS) is 11.0. The molecular formula is C24H16ClF4N3O3S. The molecule has 6 nitrogen and oxygen atoms in total. The zero-order valence-corrected chi connectivity index (χ0v) is 20.2. The first-order valence-electron chi connectivity index (χ1n) is 10.4. The molecule has 1 heterocycles. The van der Waals surface area contributed by atoms with Gasteiger partial charge in [0.15, 0.2) is 28.1 Å². The molecule has 0 fully saturated rings. The fourth-order valence-electron chi connectivity index (χ4n) is 3.38. The maximum Gasteiger partial charge on any atom is 0.263 e. The molecule has 4 aromatic rings. The average Bonchev–Trinajstić information content (AvgIpc) is 3.28. The van der Waals surface area contributed by atoms with Crippen LogP contribution in [-0.2, 0) is 6.42 Å². The van der Waals surface area contributed by atoms with Crippen LogP contribution in [0.25, 0.3) is 22.6 Å². The SMILES string of the molecule is CCc1ccc2oc(-c3ccc(Cl)c(NC(=S)NC(=O)c4c(F)c(F)c(OC)c(F)c4F)c3)nc2c1. The van der Waals surface area contributed by atoms with E-state index in [2.05, 4.69) is 15.0 Å². The number of oxazole rings is 1. The van der Waals surface area contributed by atoms with E-state index >= 15 is 0 Å². The lowest BCUT2D eigenvalue weighted by molar-refractivity contribution is 0.0966. The summed E-state index contributed by atoms with van der Waals surface area (Å²) in [5.41, 5.74) is 1.54. The minimum Gasteiger partial charge on any atom is -0.491 e. The minimum atomic E-state index is -1.94. The van der Waals surface area contributed by atoms with Crippen molar-refractivity contribution in [3.05, 3.63) is 75.8 Å². The number of benzene rings is 3. The van der Waals surface area contributed by atoms with E-state index < -0.39 is 45.6 Å². The molecule has 12 heteroatoms. The summed E-state index contributed by atoms with van der Waals surface area (Å²) in [4.78, 5) is 16.8. The van der Waals surface area contributed by atoms with Gasteiger partial charge in [-0.25, -0.2) is 13.8 Å². The Labute approximate surface area is 212 Å². The van der Waals surface area contributed by atoms with Gasteiger partial charge in [0.1, 0.15) is 11.1 Å². The van der Waals surface area contributed by atoms with Gasteiger partial charge in [0.2, 0.25) is 17.5 Å². The van der Waals surface area contributed by atoms with Crippen LogP contribution in [0.4, 0.5) is 23.2 Å². The molecule has 0 aliphatic carbocycles. The fraction of sp³-hybridized carbons (Fsp3) is 0.125. The number of methoxy groups -OCH3 is 1. The van der Waals surface area contributed by atoms with Gasteiger partial charge < -0.3 is 14.5 Å². The number of amides is 1. The lowest BCUT2D eigenvalue weighted by Gasteiger charge is -2.13. The maximum absolute atomic E-state index is 14.2. The summed E-state index contributed by atoms with van der Waals surface area (Å²) in [5.74, 6) is -10.1. The van der Waals surface area contributed by atoms with Gasteiger partial charge in [-0.3, -0.25) is 10.1 Å². The lowest BCUT2D eigenvalue weighted by atomic mass is 10.1. The summed E-state index contributed by atoms with van der Waals surface area (Å²) >= 11 is 11.2. The third-order valence-corrected chi connectivity index (χ3v) is 5.74. The van der Waals surface area contributed by atoms with Crippen LogP contribution in [0, 0.1) is 23.3 Å². The molecule has 0 radical (unpaired) electrons. The topological polar surface area (TPSA) is 76.4 Å². The number of carbonyl (C=O) groups is 1. The Morgan fingerprint density at radius 2 is 1.78 bits per heavy atom. The van der Waals surface area contributed by atoms with Crippen LogP contribution in [0.3, 0.4) is 0 Å². The van der Waals surface area contributed by atoms with Crippen molar-refractivity contribution in [3.63, 3.8) is 0 Å². The van der Waals surface area contributed by atoms with Gasteiger partial charge in [0.05, 0.1) is 17.8 Å². The molecule has 0 atom stereocenters. The molecule has 186 valence electrons. The molecule has 2 N–H and O–H groups in total. The number of nitrogens with one attached hydrogen (secondary N) is 2. The molecule has 4 rings (SSSR count). The van der Waals surface area contributed by atoms with Crippen LogP contribution in [0.2, 0.25) is 5.02 Å². The minimum absolute atomic E-state index is 0.179. The van der Waals surface area contributed by atoms with Gasteiger partial charge in [-0.15, -0.1) is 0 Å². The summed E-state index contributed by atoms with van der Waals surface area (Å²) < 4.78 is 66.5. The second-order valence-corrected chi connectivity index (χ2v) is 8.26. The van der Waals surface area contributed by atoms with E-state index in [-0.39, 0.29) is 10.7 Å². The zero-order chi connectivity index (χ0) is 26.1. The molecule has 1 amide bonds. The summed E-state index contributed by atoms with van der Waals surface area (Å²) in [6.45, 7) is 2.02. The third-order valence-electron chi connectivity index (χ3n) is 5.20. The summed E-state index contributed by atoms with van der Waals surface area (Å²) in [6, 6.07) is 10.3. The Balaban J connectivity index is 1.57. The molecule has 0 saturated heterocycles. The van der Waals surface area contributed by atoms with E-state index in [1.807, 2.05) is 30.4 Å². The monoisotopic (exact) mass is 537 g/mol. The van der Waals surface area contributed by atoms with E-state index in [0.717, 1.165) is 19.1 Å². The second kappa shape index (κ2) is 10.1. The summed E-state index contributed by atoms with van der Waals surface area (Å²) in [6.07, 6.45) is 0.833. The summed E-state index contributed by atoms with van der Waals surface area (Å²) in [5, 5.41) is 4.31. The van der Waals surface area contributed by atoms with Crippen molar-refractivity contribution in [2.45, 2.75) is 13.3 Å². The zero-order valence-electron chi connectivity index (χ0n) is 18.6. The first-order chi connectivity index (χ1) is 17.1. The Bertz CT molecular complexity index is 1500. The number of hydrogen-bond donors (Lipinski definition) is 2. The number of anilines is 1. The van der Waals surface area contributed by atoms with Crippen LogP contribution in [-0.4, -0.2) is 23.1 Å². The van der Waals surface area contributed by atoms with Crippen LogP contribution >= 0.6 is 23.8 Å². The van der Waals surface area contributed by atoms with Gasteiger partial charge in [-0.1, -0.05) is 24.6 Å². The number of aromatic nitrogens is 1. The highest BCUT2D eigenvalue weighted by molar-refractivity contribution is 7.80.